The highest BCUT2D eigenvalue weighted by Gasteiger charge is 2.21. The van der Waals surface area contributed by atoms with Crippen LogP contribution in [0.1, 0.15) is 54.6 Å². The van der Waals surface area contributed by atoms with Gasteiger partial charge in [-0.15, -0.1) is 0 Å². The number of nitrogens with zero attached hydrogens (tertiary/aromatic N) is 2. The maximum atomic E-state index is 12.5. The van der Waals surface area contributed by atoms with Gasteiger partial charge in [-0.3, -0.25) is 4.79 Å². The number of amides is 1. The molecule has 1 saturated carbocycles. The van der Waals surface area contributed by atoms with Gasteiger partial charge in [0.1, 0.15) is 5.69 Å². The maximum Gasteiger partial charge on any atom is 0.270 e. The zero-order valence-corrected chi connectivity index (χ0v) is 14.6. The number of pyridine rings is 1. The molecule has 1 aliphatic carbocycles. The highest BCUT2D eigenvalue weighted by molar-refractivity contribution is 5.92. The van der Waals surface area contributed by atoms with Gasteiger partial charge in [-0.2, -0.15) is 0 Å². The number of hydrogen-bond donors (Lipinski definition) is 1. The molecule has 0 unspecified atom stereocenters. The van der Waals surface area contributed by atoms with E-state index in [0.29, 0.717) is 11.7 Å². The first-order chi connectivity index (χ1) is 12.3. The molecule has 4 heteroatoms. The fraction of sp³-hybridized carbons (Fsp3) is 0.429. The van der Waals surface area contributed by atoms with Gasteiger partial charge in [0.05, 0.1) is 11.9 Å². The molecule has 4 nitrogen and oxygen atoms in total. The number of anilines is 2. The van der Waals surface area contributed by atoms with Crippen LogP contribution in [-0.4, -0.2) is 23.5 Å². The molecule has 0 bridgehead atoms. The van der Waals surface area contributed by atoms with Gasteiger partial charge >= 0.3 is 0 Å². The van der Waals surface area contributed by atoms with Crippen molar-refractivity contribution in [1.29, 1.82) is 0 Å². The van der Waals surface area contributed by atoms with Crippen LogP contribution in [0, 0.1) is 0 Å². The second-order valence-corrected chi connectivity index (χ2v) is 7.09. The number of rotatable bonds is 3. The van der Waals surface area contributed by atoms with Gasteiger partial charge in [0, 0.05) is 18.3 Å². The molecule has 25 heavy (non-hydrogen) atoms. The molecule has 1 amide bonds. The van der Waals surface area contributed by atoms with E-state index in [1.807, 2.05) is 18.3 Å². The van der Waals surface area contributed by atoms with Crippen molar-refractivity contribution in [3.8, 4) is 0 Å². The summed E-state index contributed by atoms with van der Waals surface area (Å²) in [6, 6.07) is 12.6. The van der Waals surface area contributed by atoms with Crippen molar-refractivity contribution in [3.63, 3.8) is 0 Å². The molecule has 0 saturated heterocycles. The van der Waals surface area contributed by atoms with Crippen LogP contribution in [0.5, 0.6) is 0 Å². The molecule has 0 atom stereocenters. The number of aromatic nitrogens is 1. The zero-order valence-electron chi connectivity index (χ0n) is 14.6. The highest BCUT2D eigenvalue weighted by atomic mass is 16.1. The Bertz CT molecular complexity index is 733. The van der Waals surface area contributed by atoms with Crippen molar-refractivity contribution in [1.82, 2.24) is 10.3 Å². The largest absolute Gasteiger partial charge is 0.348 e. The first-order valence-corrected chi connectivity index (χ1v) is 9.43. The van der Waals surface area contributed by atoms with Crippen LogP contribution < -0.4 is 10.2 Å². The fourth-order valence-electron chi connectivity index (χ4n) is 3.97. The van der Waals surface area contributed by atoms with Gasteiger partial charge in [-0.05, 0) is 43.0 Å². The third kappa shape index (κ3) is 3.53. The Balaban J connectivity index is 1.44. The predicted octanol–water partition coefficient (Wildman–Crippen LogP) is 4.23. The Morgan fingerprint density at radius 1 is 1.04 bits per heavy atom. The Morgan fingerprint density at radius 2 is 1.84 bits per heavy atom. The monoisotopic (exact) mass is 335 g/mol. The number of benzene rings is 1. The summed E-state index contributed by atoms with van der Waals surface area (Å²) in [7, 11) is 0. The van der Waals surface area contributed by atoms with Crippen LogP contribution in [0.2, 0.25) is 0 Å². The van der Waals surface area contributed by atoms with Gasteiger partial charge in [-0.25, -0.2) is 4.98 Å². The van der Waals surface area contributed by atoms with Gasteiger partial charge in [-0.1, -0.05) is 43.9 Å². The summed E-state index contributed by atoms with van der Waals surface area (Å²) in [4.78, 5) is 19.2. The zero-order chi connectivity index (χ0) is 17.1. The average Bonchev–Trinajstić information content (AvgIpc) is 2.92. The smallest absolute Gasteiger partial charge is 0.270 e. The van der Waals surface area contributed by atoms with Gasteiger partial charge in [0.2, 0.25) is 0 Å². The summed E-state index contributed by atoms with van der Waals surface area (Å²) in [6.07, 6.45) is 10.1. The molecule has 2 aromatic rings. The van der Waals surface area contributed by atoms with E-state index in [-0.39, 0.29) is 5.91 Å². The number of nitrogens with one attached hydrogen (secondary N) is 1. The second-order valence-electron chi connectivity index (χ2n) is 7.09. The first kappa shape index (κ1) is 16.1. The lowest BCUT2D eigenvalue weighted by Crippen LogP contribution is -2.34. The van der Waals surface area contributed by atoms with Gasteiger partial charge < -0.3 is 10.2 Å². The van der Waals surface area contributed by atoms with E-state index in [1.54, 1.807) is 0 Å². The van der Waals surface area contributed by atoms with Gasteiger partial charge in [0.25, 0.3) is 5.91 Å². The van der Waals surface area contributed by atoms with E-state index in [4.69, 9.17) is 0 Å². The first-order valence-electron chi connectivity index (χ1n) is 9.43. The topological polar surface area (TPSA) is 45.2 Å². The van der Waals surface area contributed by atoms with Crippen molar-refractivity contribution in [2.24, 2.45) is 0 Å². The SMILES string of the molecule is O=C(NC1CCCCCC1)c1ccc(N2CCc3ccccc32)cn1. The predicted molar refractivity (Wildman–Crippen MR) is 100 cm³/mol. The molecule has 1 N–H and O–H groups in total. The molecule has 2 aliphatic rings. The maximum absolute atomic E-state index is 12.5. The number of para-hydroxylation sites is 1. The molecule has 1 fully saturated rings. The molecule has 0 radical (unpaired) electrons. The summed E-state index contributed by atoms with van der Waals surface area (Å²) in [5, 5.41) is 3.16. The van der Waals surface area contributed by atoms with E-state index in [2.05, 4.69) is 39.5 Å². The summed E-state index contributed by atoms with van der Waals surface area (Å²) in [6.45, 7) is 0.967. The summed E-state index contributed by atoms with van der Waals surface area (Å²) in [5.41, 5.74) is 4.19. The van der Waals surface area contributed by atoms with Gasteiger partial charge in [0.15, 0.2) is 0 Å². The summed E-state index contributed by atoms with van der Waals surface area (Å²) >= 11 is 0. The molecule has 0 spiro atoms. The number of carbonyl (C=O) groups excluding carboxylic acids is 1. The van der Waals surface area contributed by atoms with Crippen molar-refractivity contribution in [3.05, 3.63) is 53.9 Å². The number of hydrogen-bond acceptors (Lipinski definition) is 3. The Hall–Kier alpha value is -2.36. The lowest BCUT2D eigenvalue weighted by atomic mass is 10.1. The van der Waals surface area contributed by atoms with E-state index in [1.165, 1.54) is 36.9 Å². The van der Waals surface area contributed by atoms with Crippen molar-refractivity contribution in [2.75, 3.05) is 11.4 Å². The quantitative estimate of drug-likeness (QED) is 0.854. The van der Waals surface area contributed by atoms with E-state index >= 15 is 0 Å². The standard InChI is InChI=1S/C21H25N3O/c25-21(23-17-8-3-1-2-4-9-17)19-12-11-18(15-22-19)24-14-13-16-7-5-6-10-20(16)24/h5-7,10-12,15,17H,1-4,8-9,13-14H2,(H,23,25). The van der Waals surface area contributed by atoms with E-state index in [9.17, 15) is 4.79 Å². The third-order valence-corrected chi connectivity index (χ3v) is 5.37. The molecule has 1 aromatic carbocycles. The minimum atomic E-state index is -0.0414. The van der Waals surface area contributed by atoms with Crippen LogP contribution in [0.4, 0.5) is 11.4 Å². The van der Waals surface area contributed by atoms with Crippen LogP contribution in [-0.2, 0) is 6.42 Å². The minimum absolute atomic E-state index is 0.0414. The fourth-order valence-corrected chi connectivity index (χ4v) is 3.97. The van der Waals surface area contributed by atoms with Crippen LogP contribution in [0.3, 0.4) is 0 Å². The highest BCUT2D eigenvalue weighted by Crippen LogP contribution is 2.33. The normalized spacial score (nSPS) is 17.8. The second kappa shape index (κ2) is 7.26. The average molecular weight is 335 g/mol. The summed E-state index contributed by atoms with van der Waals surface area (Å²) in [5.74, 6) is -0.0414. The van der Waals surface area contributed by atoms with Crippen molar-refractivity contribution in [2.45, 2.75) is 51.0 Å². The Kier molecular flexibility index (Phi) is 4.68. The van der Waals surface area contributed by atoms with Crippen molar-refractivity contribution >= 4 is 17.3 Å². The number of fused-ring (bicyclic) bond motifs is 1. The Morgan fingerprint density at radius 3 is 2.60 bits per heavy atom. The lowest BCUT2D eigenvalue weighted by molar-refractivity contribution is 0.0928. The third-order valence-electron chi connectivity index (χ3n) is 5.37. The summed E-state index contributed by atoms with van der Waals surface area (Å²) < 4.78 is 0. The minimum Gasteiger partial charge on any atom is -0.348 e. The van der Waals surface area contributed by atoms with E-state index < -0.39 is 0 Å². The number of carbonyl (C=O) groups is 1. The lowest BCUT2D eigenvalue weighted by Gasteiger charge is -2.20. The molecule has 4 rings (SSSR count). The van der Waals surface area contributed by atoms with Crippen LogP contribution in [0.15, 0.2) is 42.6 Å². The molecule has 2 heterocycles. The van der Waals surface area contributed by atoms with E-state index in [0.717, 1.165) is 31.5 Å². The van der Waals surface area contributed by atoms with Crippen LogP contribution in [0.25, 0.3) is 0 Å². The Labute approximate surface area is 149 Å². The molecule has 130 valence electrons. The molecule has 1 aliphatic heterocycles. The molecular weight excluding hydrogens is 310 g/mol. The van der Waals surface area contributed by atoms with Crippen molar-refractivity contribution < 1.29 is 4.79 Å². The van der Waals surface area contributed by atoms with Crippen LogP contribution >= 0.6 is 0 Å². The molecule has 1 aromatic heterocycles. The molecular formula is C21H25N3O.